The van der Waals surface area contributed by atoms with Gasteiger partial charge in [-0.05, 0) is 31.6 Å². The number of carboxylic acids is 1. The lowest BCUT2D eigenvalue weighted by atomic mass is 9.66. The zero-order chi connectivity index (χ0) is 10.8. The highest BCUT2D eigenvalue weighted by atomic mass is 16.4. The third-order valence-electron chi connectivity index (χ3n) is 3.39. The summed E-state index contributed by atoms with van der Waals surface area (Å²) in [6.07, 6.45) is 2.36. The van der Waals surface area contributed by atoms with Crippen molar-refractivity contribution in [3.05, 3.63) is 0 Å². The predicted octanol–water partition coefficient (Wildman–Crippen LogP) is 2.12. The van der Waals surface area contributed by atoms with E-state index in [-0.39, 0.29) is 5.92 Å². The molecule has 0 aromatic heterocycles. The third kappa shape index (κ3) is 1.74. The van der Waals surface area contributed by atoms with Gasteiger partial charge in [0.15, 0.2) is 0 Å². The van der Waals surface area contributed by atoms with Crippen LogP contribution < -0.4 is 0 Å². The van der Waals surface area contributed by atoms with Crippen molar-refractivity contribution in [1.82, 2.24) is 0 Å². The Kier molecular flexibility index (Phi) is 3.13. The first-order valence-corrected chi connectivity index (χ1v) is 4.96. The van der Waals surface area contributed by atoms with Crippen LogP contribution in [0.4, 0.5) is 0 Å². The van der Waals surface area contributed by atoms with Gasteiger partial charge in [0.05, 0.1) is 11.1 Å². The van der Waals surface area contributed by atoms with Crippen molar-refractivity contribution in [2.45, 2.75) is 39.5 Å². The summed E-state index contributed by atoms with van der Waals surface area (Å²) in [5.41, 5.74) is 0.108. The van der Waals surface area contributed by atoms with Crippen molar-refractivity contribution in [3.63, 3.8) is 0 Å². The monoisotopic (exact) mass is 199 g/mol. The van der Waals surface area contributed by atoms with Crippen LogP contribution >= 0.6 is 0 Å². The Morgan fingerprint density at radius 1 is 1.43 bits per heavy atom. The second kappa shape index (κ2) is 3.98. The fraction of sp³-hybridized carbons (Fsp3) is 0.800. The zero-order valence-electron chi connectivity index (χ0n) is 8.66. The summed E-state index contributed by atoms with van der Waals surface area (Å²) in [6.45, 7) is 3.88. The number of carboxylic acid groups (broad SMARTS) is 1. The van der Waals surface area contributed by atoms with Crippen LogP contribution in [0, 0.1) is 11.3 Å². The molecule has 14 heavy (non-hydrogen) atoms. The number of carbonyl (C=O) groups is 1. The molecular weight excluding hydrogens is 182 g/mol. The molecular formula is C10H17NO3. The molecule has 0 aromatic rings. The van der Waals surface area contributed by atoms with E-state index in [1.165, 1.54) is 0 Å². The number of hydrogen-bond acceptors (Lipinski definition) is 3. The first-order chi connectivity index (χ1) is 6.53. The highest BCUT2D eigenvalue weighted by Gasteiger charge is 2.43. The van der Waals surface area contributed by atoms with Crippen LogP contribution in [0.5, 0.6) is 0 Å². The number of rotatable bonds is 2. The lowest BCUT2D eigenvalue weighted by Gasteiger charge is -2.36. The first kappa shape index (κ1) is 11.0. The number of hydrogen-bond donors (Lipinski definition) is 2. The molecule has 1 saturated carbocycles. The number of aliphatic carboxylic acids is 1. The van der Waals surface area contributed by atoms with Gasteiger partial charge in [-0.1, -0.05) is 19.0 Å². The highest BCUT2D eigenvalue weighted by molar-refractivity contribution is 5.87. The Morgan fingerprint density at radius 3 is 2.21 bits per heavy atom. The van der Waals surface area contributed by atoms with Gasteiger partial charge in [-0.3, -0.25) is 4.79 Å². The molecule has 80 valence electrons. The van der Waals surface area contributed by atoms with Gasteiger partial charge in [0.25, 0.3) is 0 Å². The van der Waals surface area contributed by atoms with Crippen LogP contribution in [0.3, 0.4) is 0 Å². The average Bonchev–Trinajstić information content (AvgIpc) is 2.17. The number of nitrogens with zero attached hydrogens (tertiary/aromatic N) is 1. The van der Waals surface area contributed by atoms with E-state index in [1.807, 2.05) is 13.8 Å². The van der Waals surface area contributed by atoms with E-state index in [4.69, 9.17) is 5.21 Å². The second-order valence-electron chi connectivity index (χ2n) is 4.28. The molecule has 0 spiro atoms. The van der Waals surface area contributed by atoms with Crippen molar-refractivity contribution in [2.75, 3.05) is 0 Å². The van der Waals surface area contributed by atoms with Gasteiger partial charge in [0.2, 0.25) is 0 Å². The summed E-state index contributed by atoms with van der Waals surface area (Å²) in [4.78, 5) is 11.2. The van der Waals surface area contributed by atoms with Crippen molar-refractivity contribution in [3.8, 4) is 0 Å². The minimum absolute atomic E-state index is 0.125. The van der Waals surface area contributed by atoms with Crippen LogP contribution in [-0.2, 0) is 4.79 Å². The molecule has 0 aliphatic heterocycles. The molecule has 1 fully saturated rings. The van der Waals surface area contributed by atoms with Crippen LogP contribution in [0.25, 0.3) is 0 Å². The normalized spacial score (nSPS) is 27.8. The van der Waals surface area contributed by atoms with Crippen LogP contribution in [0.2, 0.25) is 0 Å². The van der Waals surface area contributed by atoms with E-state index in [0.717, 1.165) is 5.71 Å². The molecule has 4 heteroatoms. The van der Waals surface area contributed by atoms with E-state index in [0.29, 0.717) is 25.7 Å². The van der Waals surface area contributed by atoms with Crippen LogP contribution in [-0.4, -0.2) is 22.0 Å². The van der Waals surface area contributed by atoms with Crippen molar-refractivity contribution in [2.24, 2.45) is 16.5 Å². The molecule has 1 rings (SSSR count). The highest BCUT2D eigenvalue weighted by Crippen LogP contribution is 2.41. The van der Waals surface area contributed by atoms with E-state index < -0.39 is 11.4 Å². The predicted molar refractivity (Wildman–Crippen MR) is 52.6 cm³/mol. The van der Waals surface area contributed by atoms with Gasteiger partial charge >= 0.3 is 5.97 Å². The second-order valence-corrected chi connectivity index (χ2v) is 4.28. The molecule has 0 saturated heterocycles. The maximum absolute atomic E-state index is 11.2. The third-order valence-corrected chi connectivity index (χ3v) is 3.39. The molecule has 1 aliphatic carbocycles. The first-order valence-electron chi connectivity index (χ1n) is 4.96. The summed E-state index contributed by atoms with van der Waals surface area (Å²) in [5, 5.41) is 21.0. The quantitative estimate of drug-likeness (QED) is 0.528. The summed E-state index contributed by atoms with van der Waals surface area (Å²) >= 11 is 0. The fourth-order valence-corrected chi connectivity index (χ4v) is 2.12. The standard InChI is InChI=1S/C10H17NO3/c1-7(2)10(9(12)13)5-3-8(11-14)4-6-10/h7,14H,3-6H2,1-2H3,(H,12,13). The van der Waals surface area contributed by atoms with E-state index in [2.05, 4.69) is 5.16 Å². The van der Waals surface area contributed by atoms with E-state index in [1.54, 1.807) is 0 Å². The number of oxime groups is 1. The fourth-order valence-electron chi connectivity index (χ4n) is 2.12. The molecule has 1 aliphatic rings. The van der Waals surface area contributed by atoms with Gasteiger partial charge in [-0.15, -0.1) is 0 Å². The lowest BCUT2D eigenvalue weighted by Crippen LogP contribution is -2.40. The topological polar surface area (TPSA) is 69.9 Å². The van der Waals surface area contributed by atoms with Crippen molar-refractivity contribution in [1.29, 1.82) is 0 Å². The van der Waals surface area contributed by atoms with Gasteiger partial charge in [-0.25, -0.2) is 0 Å². The Hall–Kier alpha value is -1.06. The van der Waals surface area contributed by atoms with Crippen LogP contribution in [0.1, 0.15) is 39.5 Å². The molecule has 0 atom stereocenters. The van der Waals surface area contributed by atoms with Crippen LogP contribution in [0.15, 0.2) is 5.16 Å². The van der Waals surface area contributed by atoms with Crippen molar-refractivity contribution >= 4 is 11.7 Å². The van der Waals surface area contributed by atoms with E-state index >= 15 is 0 Å². The van der Waals surface area contributed by atoms with Gasteiger partial charge in [0.1, 0.15) is 0 Å². The van der Waals surface area contributed by atoms with Crippen molar-refractivity contribution < 1.29 is 15.1 Å². The van der Waals surface area contributed by atoms with Gasteiger partial charge in [-0.2, -0.15) is 0 Å². The van der Waals surface area contributed by atoms with Gasteiger partial charge in [0, 0.05) is 0 Å². The minimum Gasteiger partial charge on any atom is -0.481 e. The molecule has 0 radical (unpaired) electrons. The Labute approximate surface area is 83.6 Å². The Morgan fingerprint density at radius 2 is 1.93 bits per heavy atom. The Balaban J connectivity index is 2.80. The SMILES string of the molecule is CC(C)C1(C(=O)O)CCC(=NO)CC1. The largest absolute Gasteiger partial charge is 0.481 e. The summed E-state index contributed by atoms with van der Waals surface area (Å²) in [6, 6.07) is 0. The lowest BCUT2D eigenvalue weighted by molar-refractivity contribution is -0.153. The smallest absolute Gasteiger partial charge is 0.309 e. The maximum atomic E-state index is 11.2. The zero-order valence-corrected chi connectivity index (χ0v) is 8.66. The molecule has 0 amide bonds. The summed E-state index contributed by atoms with van der Waals surface area (Å²) < 4.78 is 0. The summed E-state index contributed by atoms with van der Waals surface area (Å²) in [7, 11) is 0. The average molecular weight is 199 g/mol. The Bertz CT molecular complexity index is 248. The molecule has 2 N–H and O–H groups in total. The molecule has 0 aromatic carbocycles. The summed E-state index contributed by atoms with van der Waals surface area (Å²) in [5.74, 6) is -0.593. The molecule has 0 bridgehead atoms. The molecule has 4 nitrogen and oxygen atoms in total. The molecule has 0 unspecified atom stereocenters. The maximum Gasteiger partial charge on any atom is 0.309 e. The minimum atomic E-state index is -0.718. The molecule has 0 heterocycles. The van der Waals surface area contributed by atoms with Gasteiger partial charge < -0.3 is 10.3 Å². The van der Waals surface area contributed by atoms with E-state index in [9.17, 15) is 9.90 Å².